The second-order valence-electron chi connectivity index (χ2n) is 3.95. The van der Waals surface area contributed by atoms with Crippen LogP contribution in [0.2, 0.25) is 0 Å². The van der Waals surface area contributed by atoms with Crippen molar-refractivity contribution < 1.29 is 19.4 Å². The van der Waals surface area contributed by atoms with Crippen LogP contribution >= 0.6 is 15.9 Å². The third-order valence-electron chi connectivity index (χ3n) is 2.54. The number of hydrogen-bond acceptors (Lipinski definition) is 3. The number of carbonyl (C=O) groups is 1. The molecule has 104 valence electrons. The number of ether oxygens (including phenoxy) is 2. The zero-order valence-corrected chi connectivity index (χ0v) is 12.4. The molecule has 0 saturated heterocycles. The van der Waals surface area contributed by atoms with Crippen molar-refractivity contribution in [3.8, 4) is 17.2 Å². The molecule has 0 heterocycles. The molecule has 0 unspecified atom stereocenters. The van der Waals surface area contributed by atoms with Crippen LogP contribution in [0.4, 0.5) is 0 Å². The van der Waals surface area contributed by atoms with Crippen molar-refractivity contribution in [1.82, 2.24) is 0 Å². The number of carboxylic acids is 1. The minimum Gasteiger partial charge on any atom is -0.494 e. The van der Waals surface area contributed by atoms with Crippen molar-refractivity contribution >= 4 is 21.9 Å². The Bertz CT molecular complexity index is 608. The monoisotopic (exact) mass is 336 g/mol. The van der Waals surface area contributed by atoms with Gasteiger partial charge in [0.25, 0.3) is 0 Å². The van der Waals surface area contributed by atoms with E-state index in [0.29, 0.717) is 22.6 Å². The summed E-state index contributed by atoms with van der Waals surface area (Å²) in [6.45, 7) is 2.54. The highest BCUT2D eigenvalue weighted by Crippen LogP contribution is 2.28. The van der Waals surface area contributed by atoms with Crippen LogP contribution in [0.5, 0.6) is 17.2 Å². The number of rotatable bonds is 5. The third kappa shape index (κ3) is 3.51. The molecular weight excluding hydrogens is 324 g/mol. The topological polar surface area (TPSA) is 55.8 Å². The standard InChI is InChI=1S/C15H13BrO4/c1-2-19-10-3-5-11(6-4-10)20-12-7-8-13(15(17)18)14(16)9-12/h3-9H,2H2,1H3,(H,17,18). The minimum atomic E-state index is -0.982. The molecule has 0 aliphatic heterocycles. The van der Waals surface area contributed by atoms with Crippen LogP contribution in [0.3, 0.4) is 0 Å². The van der Waals surface area contributed by atoms with E-state index in [4.69, 9.17) is 14.6 Å². The van der Waals surface area contributed by atoms with E-state index >= 15 is 0 Å². The first-order valence-electron chi connectivity index (χ1n) is 6.03. The Morgan fingerprint density at radius 1 is 1.10 bits per heavy atom. The van der Waals surface area contributed by atoms with Gasteiger partial charge in [0.1, 0.15) is 17.2 Å². The molecule has 0 aromatic heterocycles. The molecule has 5 heteroatoms. The first-order valence-corrected chi connectivity index (χ1v) is 6.83. The highest BCUT2D eigenvalue weighted by Gasteiger charge is 2.09. The molecule has 2 aromatic carbocycles. The predicted octanol–water partition coefficient (Wildman–Crippen LogP) is 4.34. The average Bonchev–Trinajstić information content (AvgIpc) is 2.41. The molecule has 0 radical (unpaired) electrons. The van der Waals surface area contributed by atoms with Gasteiger partial charge in [-0.15, -0.1) is 0 Å². The van der Waals surface area contributed by atoms with Gasteiger partial charge in [-0.25, -0.2) is 4.79 Å². The van der Waals surface area contributed by atoms with E-state index in [-0.39, 0.29) is 5.56 Å². The van der Waals surface area contributed by atoms with E-state index in [1.54, 1.807) is 24.3 Å². The molecule has 4 nitrogen and oxygen atoms in total. The molecule has 0 fully saturated rings. The van der Waals surface area contributed by atoms with Crippen molar-refractivity contribution in [2.75, 3.05) is 6.61 Å². The number of hydrogen-bond donors (Lipinski definition) is 1. The van der Waals surface area contributed by atoms with Gasteiger partial charge in [-0.05, 0) is 65.3 Å². The Kier molecular flexibility index (Phi) is 4.63. The summed E-state index contributed by atoms with van der Waals surface area (Å²) in [6, 6.07) is 12.0. The molecule has 2 aromatic rings. The van der Waals surface area contributed by atoms with Gasteiger partial charge in [0, 0.05) is 4.47 Å². The van der Waals surface area contributed by atoms with Gasteiger partial charge in [-0.1, -0.05) is 0 Å². The fourth-order valence-electron chi connectivity index (χ4n) is 1.64. The molecule has 0 aliphatic carbocycles. The Morgan fingerprint density at radius 3 is 2.25 bits per heavy atom. The van der Waals surface area contributed by atoms with Gasteiger partial charge < -0.3 is 14.6 Å². The lowest BCUT2D eigenvalue weighted by molar-refractivity contribution is 0.0696. The minimum absolute atomic E-state index is 0.198. The van der Waals surface area contributed by atoms with Gasteiger partial charge >= 0.3 is 5.97 Å². The van der Waals surface area contributed by atoms with Crippen LogP contribution in [0.1, 0.15) is 17.3 Å². The lowest BCUT2D eigenvalue weighted by atomic mass is 10.2. The van der Waals surface area contributed by atoms with Crippen LogP contribution < -0.4 is 9.47 Å². The quantitative estimate of drug-likeness (QED) is 0.882. The summed E-state index contributed by atoms with van der Waals surface area (Å²) in [5.74, 6) is 1.02. The fraction of sp³-hybridized carbons (Fsp3) is 0.133. The number of aromatic carboxylic acids is 1. The summed E-state index contributed by atoms with van der Waals surface area (Å²) >= 11 is 3.21. The summed E-state index contributed by atoms with van der Waals surface area (Å²) in [6.07, 6.45) is 0. The van der Waals surface area contributed by atoms with Gasteiger partial charge in [0.2, 0.25) is 0 Å². The zero-order chi connectivity index (χ0) is 14.5. The second kappa shape index (κ2) is 6.43. The number of benzene rings is 2. The highest BCUT2D eigenvalue weighted by molar-refractivity contribution is 9.10. The number of carboxylic acid groups (broad SMARTS) is 1. The highest BCUT2D eigenvalue weighted by atomic mass is 79.9. The first kappa shape index (κ1) is 14.4. The van der Waals surface area contributed by atoms with E-state index in [1.165, 1.54) is 6.07 Å². The molecule has 20 heavy (non-hydrogen) atoms. The SMILES string of the molecule is CCOc1ccc(Oc2ccc(C(=O)O)c(Br)c2)cc1. The maximum atomic E-state index is 10.9. The van der Waals surface area contributed by atoms with Crippen LogP contribution in [-0.4, -0.2) is 17.7 Å². The predicted molar refractivity (Wildman–Crippen MR) is 78.8 cm³/mol. The molecule has 0 aliphatic rings. The fourth-order valence-corrected chi connectivity index (χ4v) is 2.17. The Morgan fingerprint density at radius 2 is 1.70 bits per heavy atom. The molecular formula is C15H13BrO4. The molecule has 0 saturated carbocycles. The van der Waals surface area contributed by atoms with Crippen molar-refractivity contribution in [3.63, 3.8) is 0 Å². The maximum absolute atomic E-state index is 10.9. The number of halogens is 1. The Balaban J connectivity index is 2.13. The summed E-state index contributed by atoms with van der Waals surface area (Å²) in [5, 5.41) is 8.94. The van der Waals surface area contributed by atoms with E-state index in [1.807, 2.05) is 19.1 Å². The Labute approximate surface area is 125 Å². The summed E-state index contributed by atoms with van der Waals surface area (Å²) < 4.78 is 11.5. The van der Waals surface area contributed by atoms with Crippen LogP contribution in [0.25, 0.3) is 0 Å². The maximum Gasteiger partial charge on any atom is 0.336 e. The van der Waals surface area contributed by atoms with Crippen molar-refractivity contribution in [1.29, 1.82) is 0 Å². The summed E-state index contributed by atoms with van der Waals surface area (Å²) in [7, 11) is 0. The normalized spacial score (nSPS) is 10.1. The van der Waals surface area contributed by atoms with Crippen LogP contribution in [-0.2, 0) is 0 Å². The van der Waals surface area contributed by atoms with E-state index in [9.17, 15) is 4.79 Å². The molecule has 1 N–H and O–H groups in total. The first-order chi connectivity index (χ1) is 9.60. The van der Waals surface area contributed by atoms with Crippen LogP contribution in [0.15, 0.2) is 46.9 Å². The van der Waals surface area contributed by atoms with E-state index < -0.39 is 5.97 Å². The molecule has 0 atom stereocenters. The smallest absolute Gasteiger partial charge is 0.336 e. The molecule has 0 bridgehead atoms. The second-order valence-corrected chi connectivity index (χ2v) is 4.81. The molecule has 0 amide bonds. The molecule has 0 spiro atoms. The van der Waals surface area contributed by atoms with Gasteiger partial charge in [-0.2, -0.15) is 0 Å². The summed E-state index contributed by atoms with van der Waals surface area (Å²) in [4.78, 5) is 10.9. The lowest BCUT2D eigenvalue weighted by Gasteiger charge is -2.08. The van der Waals surface area contributed by atoms with Crippen molar-refractivity contribution in [3.05, 3.63) is 52.5 Å². The van der Waals surface area contributed by atoms with E-state index in [0.717, 1.165) is 5.75 Å². The van der Waals surface area contributed by atoms with E-state index in [2.05, 4.69) is 15.9 Å². The Hall–Kier alpha value is -2.01. The molecule has 2 rings (SSSR count). The zero-order valence-electron chi connectivity index (χ0n) is 10.8. The van der Waals surface area contributed by atoms with Gasteiger partial charge in [-0.3, -0.25) is 0 Å². The third-order valence-corrected chi connectivity index (χ3v) is 3.20. The van der Waals surface area contributed by atoms with Gasteiger partial charge in [0.05, 0.1) is 12.2 Å². The van der Waals surface area contributed by atoms with Crippen molar-refractivity contribution in [2.45, 2.75) is 6.92 Å². The largest absolute Gasteiger partial charge is 0.494 e. The van der Waals surface area contributed by atoms with Gasteiger partial charge in [0.15, 0.2) is 0 Å². The average molecular weight is 337 g/mol. The van der Waals surface area contributed by atoms with Crippen molar-refractivity contribution in [2.24, 2.45) is 0 Å². The lowest BCUT2D eigenvalue weighted by Crippen LogP contribution is -1.97. The summed E-state index contributed by atoms with van der Waals surface area (Å²) in [5.41, 5.74) is 0.198. The van der Waals surface area contributed by atoms with Crippen LogP contribution in [0, 0.1) is 0 Å².